The van der Waals surface area contributed by atoms with Gasteiger partial charge >= 0.3 is 0 Å². The number of rotatable bonds is 2. The van der Waals surface area contributed by atoms with Gasteiger partial charge in [-0.1, -0.05) is 32.1 Å². The minimum Gasteiger partial charge on any atom is -0.393 e. The maximum Gasteiger partial charge on any atom is 0.225 e. The lowest BCUT2D eigenvalue weighted by Crippen LogP contribution is -2.52. The van der Waals surface area contributed by atoms with Crippen LogP contribution in [0.3, 0.4) is 0 Å². The number of hydrogen-bond donors (Lipinski definition) is 1. The number of nitrogens with zero attached hydrogens (tertiary/aromatic N) is 1. The molecule has 3 heteroatoms. The topological polar surface area (TPSA) is 40.5 Å². The summed E-state index contributed by atoms with van der Waals surface area (Å²) in [7, 11) is 0. The molecule has 0 spiro atoms. The fourth-order valence-corrected chi connectivity index (χ4v) is 4.85. The average molecular weight is 293 g/mol. The van der Waals surface area contributed by atoms with Gasteiger partial charge in [0.15, 0.2) is 0 Å². The third-order valence-electron chi connectivity index (χ3n) is 6.06. The predicted octanol–water partition coefficient (Wildman–Crippen LogP) is 3.50. The van der Waals surface area contributed by atoms with Crippen molar-refractivity contribution in [2.75, 3.05) is 6.54 Å². The Morgan fingerprint density at radius 3 is 2.24 bits per heavy atom. The van der Waals surface area contributed by atoms with E-state index in [1.807, 2.05) is 0 Å². The summed E-state index contributed by atoms with van der Waals surface area (Å²) >= 11 is 0. The second kappa shape index (κ2) is 7.13. The zero-order valence-corrected chi connectivity index (χ0v) is 13.3. The molecular formula is C18H31NO2. The van der Waals surface area contributed by atoms with Gasteiger partial charge in [0.25, 0.3) is 0 Å². The monoisotopic (exact) mass is 293 g/mol. The lowest BCUT2D eigenvalue weighted by molar-refractivity contribution is -0.143. The van der Waals surface area contributed by atoms with Crippen molar-refractivity contribution in [2.24, 2.45) is 11.8 Å². The van der Waals surface area contributed by atoms with Crippen molar-refractivity contribution >= 4 is 5.91 Å². The van der Waals surface area contributed by atoms with Crippen LogP contribution >= 0.6 is 0 Å². The SMILES string of the molecule is O=C(C1CCCCC1)N1CCCCC1C1CCCCC1O. The number of carbonyl (C=O) groups excluding carboxylic acids is 1. The van der Waals surface area contributed by atoms with E-state index in [2.05, 4.69) is 4.90 Å². The minimum absolute atomic E-state index is 0.177. The summed E-state index contributed by atoms with van der Waals surface area (Å²) in [6.07, 6.45) is 13.7. The van der Waals surface area contributed by atoms with Gasteiger partial charge in [-0.15, -0.1) is 0 Å². The van der Waals surface area contributed by atoms with Gasteiger partial charge in [-0.3, -0.25) is 4.79 Å². The van der Waals surface area contributed by atoms with E-state index in [0.717, 1.165) is 51.5 Å². The lowest BCUT2D eigenvalue weighted by atomic mass is 9.77. The van der Waals surface area contributed by atoms with Crippen LogP contribution < -0.4 is 0 Å². The molecule has 3 nitrogen and oxygen atoms in total. The smallest absolute Gasteiger partial charge is 0.225 e. The Bertz CT molecular complexity index is 351. The third kappa shape index (κ3) is 3.44. The number of aliphatic hydroxyl groups is 1. The molecule has 3 rings (SSSR count). The van der Waals surface area contributed by atoms with E-state index in [-0.39, 0.29) is 12.0 Å². The highest BCUT2D eigenvalue weighted by molar-refractivity contribution is 5.79. The Morgan fingerprint density at radius 2 is 1.48 bits per heavy atom. The Labute approximate surface area is 129 Å². The summed E-state index contributed by atoms with van der Waals surface area (Å²) < 4.78 is 0. The molecule has 1 saturated heterocycles. The molecule has 3 fully saturated rings. The van der Waals surface area contributed by atoms with Gasteiger partial charge in [-0.2, -0.15) is 0 Å². The summed E-state index contributed by atoms with van der Waals surface area (Å²) in [5.74, 6) is 1.03. The van der Waals surface area contributed by atoms with Crippen LogP contribution in [-0.2, 0) is 4.79 Å². The van der Waals surface area contributed by atoms with Crippen LogP contribution in [0.2, 0.25) is 0 Å². The average Bonchev–Trinajstić information content (AvgIpc) is 2.55. The lowest BCUT2D eigenvalue weighted by Gasteiger charge is -2.45. The number of piperidine rings is 1. The Balaban J connectivity index is 1.69. The van der Waals surface area contributed by atoms with Crippen molar-refractivity contribution in [3.8, 4) is 0 Å². The molecule has 21 heavy (non-hydrogen) atoms. The highest BCUT2D eigenvalue weighted by Crippen LogP contribution is 2.36. The maximum absolute atomic E-state index is 13.0. The van der Waals surface area contributed by atoms with Gasteiger partial charge in [0.1, 0.15) is 0 Å². The van der Waals surface area contributed by atoms with Crippen molar-refractivity contribution < 1.29 is 9.90 Å². The van der Waals surface area contributed by atoms with Gasteiger partial charge in [-0.25, -0.2) is 0 Å². The van der Waals surface area contributed by atoms with Crippen LogP contribution in [0, 0.1) is 11.8 Å². The van der Waals surface area contributed by atoms with Crippen LogP contribution in [0.4, 0.5) is 0 Å². The number of likely N-dealkylation sites (tertiary alicyclic amines) is 1. The predicted molar refractivity (Wildman–Crippen MR) is 83.9 cm³/mol. The molecule has 1 aliphatic heterocycles. The van der Waals surface area contributed by atoms with E-state index >= 15 is 0 Å². The van der Waals surface area contributed by atoms with Crippen LogP contribution in [0.1, 0.15) is 77.0 Å². The van der Waals surface area contributed by atoms with E-state index in [1.54, 1.807) is 0 Å². The molecular weight excluding hydrogens is 262 g/mol. The second-order valence-electron chi connectivity index (χ2n) is 7.45. The zero-order chi connectivity index (χ0) is 14.7. The van der Waals surface area contributed by atoms with Crippen molar-refractivity contribution in [3.63, 3.8) is 0 Å². The Hall–Kier alpha value is -0.570. The first kappa shape index (κ1) is 15.3. The van der Waals surface area contributed by atoms with Gasteiger partial charge in [0, 0.05) is 24.4 Å². The van der Waals surface area contributed by atoms with E-state index in [1.165, 1.54) is 32.1 Å². The number of carbonyl (C=O) groups is 1. The van der Waals surface area contributed by atoms with Crippen LogP contribution in [-0.4, -0.2) is 34.6 Å². The van der Waals surface area contributed by atoms with Gasteiger partial charge in [0.2, 0.25) is 5.91 Å². The van der Waals surface area contributed by atoms with Crippen molar-refractivity contribution in [2.45, 2.75) is 89.2 Å². The van der Waals surface area contributed by atoms with Gasteiger partial charge in [0.05, 0.1) is 6.10 Å². The minimum atomic E-state index is -0.177. The van der Waals surface area contributed by atoms with E-state index < -0.39 is 0 Å². The van der Waals surface area contributed by atoms with Gasteiger partial charge < -0.3 is 10.0 Å². The van der Waals surface area contributed by atoms with Crippen LogP contribution in [0.5, 0.6) is 0 Å². The van der Waals surface area contributed by atoms with Crippen molar-refractivity contribution in [1.29, 1.82) is 0 Å². The fourth-order valence-electron chi connectivity index (χ4n) is 4.85. The molecule has 120 valence electrons. The van der Waals surface area contributed by atoms with Crippen LogP contribution in [0.15, 0.2) is 0 Å². The van der Waals surface area contributed by atoms with Gasteiger partial charge in [-0.05, 0) is 44.9 Å². The molecule has 0 aromatic carbocycles. The molecule has 0 aromatic heterocycles. The summed E-state index contributed by atoms with van der Waals surface area (Å²) in [6, 6.07) is 0.323. The molecule has 2 aliphatic carbocycles. The Kier molecular flexibility index (Phi) is 5.20. The number of hydrogen-bond acceptors (Lipinski definition) is 2. The van der Waals surface area contributed by atoms with Crippen LogP contribution in [0.25, 0.3) is 0 Å². The second-order valence-corrected chi connectivity index (χ2v) is 7.45. The van der Waals surface area contributed by atoms with E-state index in [9.17, 15) is 9.90 Å². The summed E-state index contributed by atoms with van der Waals surface area (Å²) in [4.78, 5) is 15.2. The molecule has 0 aromatic rings. The first-order chi connectivity index (χ1) is 10.3. The maximum atomic E-state index is 13.0. The zero-order valence-electron chi connectivity index (χ0n) is 13.3. The summed E-state index contributed by atoms with van der Waals surface area (Å²) in [5.41, 5.74) is 0. The summed E-state index contributed by atoms with van der Waals surface area (Å²) in [6.45, 7) is 0.934. The molecule has 3 unspecified atom stereocenters. The fraction of sp³-hybridized carbons (Fsp3) is 0.944. The molecule has 1 N–H and O–H groups in total. The first-order valence-electron chi connectivity index (χ1n) is 9.26. The quantitative estimate of drug-likeness (QED) is 0.846. The number of aliphatic hydroxyl groups excluding tert-OH is 1. The third-order valence-corrected chi connectivity index (χ3v) is 6.06. The van der Waals surface area contributed by atoms with Crippen molar-refractivity contribution in [1.82, 2.24) is 4.90 Å². The highest BCUT2D eigenvalue weighted by atomic mass is 16.3. The molecule has 1 amide bonds. The standard InChI is InChI=1S/C18H31NO2/c20-17-12-5-4-10-15(17)16-11-6-7-13-19(16)18(21)14-8-2-1-3-9-14/h14-17,20H,1-13H2. The number of amides is 1. The van der Waals surface area contributed by atoms with Crippen molar-refractivity contribution in [3.05, 3.63) is 0 Å². The molecule has 3 atom stereocenters. The molecule has 0 radical (unpaired) electrons. The first-order valence-corrected chi connectivity index (χ1v) is 9.26. The van der Waals surface area contributed by atoms with E-state index in [0.29, 0.717) is 17.9 Å². The molecule has 1 heterocycles. The largest absolute Gasteiger partial charge is 0.393 e. The molecule has 2 saturated carbocycles. The Morgan fingerprint density at radius 1 is 0.810 bits per heavy atom. The van der Waals surface area contributed by atoms with E-state index in [4.69, 9.17) is 0 Å². The normalized spacial score (nSPS) is 35.7. The molecule has 0 bridgehead atoms. The highest BCUT2D eigenvalue weighted by Gasteiger charge is 2.39. The summed E-state index contributed by atoms with van der Waals surface area (Å²) in [5, 5.41) is 10.4. The molecule has 3 aliphatic rings.